The van der Waals surface area contributed by atoms with Crippen LogP contribution in [0.5, 0.6) is 5.88 Å². The summed E-state index contributed by atoms with van der Waals surface area (Å²) < 4.78 is 28.9. The number of rotatable bonds is 3. The van der Waals surface area contributed by atoms with Gasteiger partial charge in [0, 0.05) is 6.07 Å². The molecule has 9 heteroatoms. The molecule has 0 amide bonds. The van der Waals surface area contributed by atoms with E-state index in [1.54, 1.807) is 19.1 Å². The molecule has 0 unspecified atom stereocenters. The third-order valence-electron chi connectivity index (χ3n) is 1.93. The zero-order valence-electron chi connectivity index (χ0n) is 8.79. The van der Waals surface area contributed by atoms with E-state index < -0.39 is 10.0 Å². The lowest BCUT2D eigenvalue weighted by molar-refractivity contribution is 0.320. The van der Waals surface area contributed by atoms with Gasteiger partial charge in [0.15, 0.2) is 10.8 Å². The first-order valence-electron chi connectivity index (χ1n) is 4.64. The molecular formula is C8H9ClN4O3S. The van der Waals surface area contributed by atoms with Crippen LogP contribution in [0.4, 0.5) is 0 Å². The highest BCUT2D eigenvalue weighted by Crippen LogP contribution is 2.21. The number of fused-ring (bicyclic) bond motifs is 1. The highest BCUT2D eigenvalue weighted by Gasteiger charge is 2.22. The van der Waals surface area contributed by atoms with Crippen molar-refractivity contribution in [2.75, 3.05) is 6.61 Å². The van der Waals surface area contributed by atoms with E-state index >= 15 is 0 Å². The van der Waals surface area contributed by atoms with Crippen LogP contribution >= 0.6 is 11.6 Å². The van der Waals surface area contributed by atoms with Crippen LogP contribution in [-0.2, 0) is 10.0 Å². The number of halogens is 1. The Morgan fingerprint density at radius 3 is 2.82 bits per heavy atom. The predicted octanol–water partition coefficient (Wildman–Crippen LogP) is 0.429. The molecule has 2 aromatic heterocycles. The SMILES string of the molecule is CCOc1ccc2nc(Cl)c(S(N)(=O)=O)n2n1. The topological polar surface area (TPSA) is 99.6 Å². The second kappa shape index (κ2) is 4.13. The molecule has 0 aliphatic heterocycles. The van der Waals surface area contributed by atoms with Crippen molar-refractivity contribution in [1.29, 1.82) is 0 Å². The molecule has 0 aliphatic rings. The number of hydrogen-bond acceptors (Lipinski definition) is 5. The van der Waals surface area contributed by atoms with Crippen LogP contribution in [0, 0.1) is 0 Å². The van der Waals surface area contributed by atoms with Gasteiger partial charge in [-0.2, -0.15) is 4.52 Å². The summed E-state index contributed by atoms with van der Waals surface area (Å²) in [5.74, 6) is 0.263. The van der Waals surface area contributed by atoms with Gasteiger partial charge >= 0.3 is 0 Å². The molecule has 0 atom stereocenters. The van der Waals surface area contributed by atoms with Crippen LogP contribution in [0.15, 0.2) is 17.2 Å². The molecule has 17 heavy (non-hydrogen) atoms. The van der Waals surface area contributed by atoms with E-state index in [1.165, 1.54) is 0 Å². The van der Waals surface area contributed by atoms with Gasteiger partial charge in [-0.3, -0.25) is 0 Å². The smallest absolute Gasteiger partial charge is 0.258 e. The summed E-state index contributed by atoms with van der Waals surface area (Å²) in [6.07, 6.45) is 0. The van der Waals surface area contributed by atoms with Gasteiger partial charge in [0.2, 0.25) is 10.9 Å². The summed E-state index contributed by atoms with van der Waals surface area (Å²) in [7, 11) is -4.00. The van der Waals surface area contributed by atoms with E-state index in [-0.39, 0.29) is 21.7 Å². The number of nitrogens with zero attached hydrogens (tertiary/aromatic N) is 3. The normalized spacial score (nSPS) is 11.9. The van der Waals surface area contributed by atoms with Crippen LogP contribution in [-0.4, -0.2) is 29.6 Å². The fraction of sp³-hybridized carbons (Fsp3) is 0.250. The number of aromatic nitrogens is 3. The van der Waals surface area contributed by atoms with Gasteiger partial charge in [-0.1, -0.05) is 11.6 Å². The molecule has 0 saturated carbocycles. The van der Waals surface area contributed by atoms with Gasteiger partial charge in [-0.05, 0) is 13.0 Å². The highest BCUT2D eigenvalue weighted by molar-refractivity contribution is 7.89. The van der Waals surface area contributed by atoms with Crippen LogP contribution < -0.4 is 9.88 Å². The minimum Gasteiger partial charge on any atom is -0.477 e. The number of ether oxygens (including phenoxy) is 1. The standard InChI is InChI=1S/C8H9ClN4O3S/c1-2-16-6-4-3-5-11-7(9)8(13(5)12-6)17(10,14)15/h3-4H,2H2,1H3,(H2,10,14,15). The van der Waals surface area contributed by atoms with Gasteiger partial charge in [0.1, 0.15) is 0 Å². The van der Waals surface area contributed by atoms with Gasteiger partial charge in [-0.25, -0.2) is 18.5 Å². The Morgan fingerprint density at radius 2 is 2.24 bits per heavy atom. The minimum atomic E-state index is -4.00. The monoisotopic (exact) mass is 276 g/mol. The first kappa shape index (κ1) is 12.1. The molecular weight excluding hydrogens is 268 g/mol. The number of hydrogen-bond donors (Lipinski definition) is 1. The van der Waals surface area contributed by atoms with Crippen LogP contribution in [0.3, 0.4) is 0 Å². The minimum absolute atomic E-state index is 0.214. The predicted molar refractivity (Wildman–Crippen MR) is 60.5 cm³/mol. The summed E-state index contributed by atoms with van der Waals surface area (Å²) in [6, 6.07) is 3.10. The average molecular weight is 277 g/mol. The van der Waals surface area contributed by atoms with E-state index in [9.17, 15) is 8.42 Å². The lowest BCUT2D eigenvalue weighted by atomic mass is 10.5. The summed E-state index contributed by atoms with van der Waals surface area (Å²) in [5, 5.41) is 8.41. The average Bonchev–Trinajstić information content (AvgIpc) is 2.53. The van der Waals surface area contributed by atoms with E-state index in [2.05, 4.69) is 10.1 Å². The highest BCUT2D eigenvalue weighted by atomic mass is 35.5. The molecule has 2 rings (SSSR count). The van der Waals surface area contributed by atoms with Crippen LogP contribution in [0.1, 0.15) is 6.92 Å². The molecule has 0 aromatic carbocycles. The molecule has 7 nitrogen and oxygen atoms in total. The van der Waals surface area contributed by atoms with Gasteiger partial charge in [-0.15, -0.1) is 5.10 Å². The maximum atomic E-state index is 11.3. The van der Waals surface area contributed by atoms with Crippen molar-refractivity contribution in [3.05, 3.63) is 17.3 Å². The Balaban J connectivity index is 2.74. The van der Waals surface area contributed by atoms with E-state index in [4.69, 9.17) is 21.5 Å². The van der Waals surface area contributed by atoms with Crippen molar-refractivity contribution in [2.24, 2.45) is 5.14 Å². The van der Waals surface area contributed by atoms with Crippen molar-refractivity contribution in [2.45, 2.75) is 11.9 Å². The molecule has 2 aromatic rings. The Kier molecular flexibility index (Phi) is 2.94. The molecule has 0 bridgehead atoms. The fourth-order valence-corrected chi connectivity index (χ4v) is 2.48. The molecule has 0 saturated heterocycles. The zero-order valence-corrected chi connectivity index (χ0v) is 10.4. The Labute approximate surface area is 102 Å². The number of primary sulfonamides is 1. The largest absolute Gasteiger partial charge is 0.477 e. The zero-order chi connectivity index (χ0) is 12.6. The van der Waals surface area contributed by atoms with Crippen molar-refractivity contribution >= 4 is 27.3 Å². The third-order valence-corrected chi connectivity index (χ3v) is 3.21. The van der Waals surface area contributed by atoms with Crippen molar-refractivity contribution in [1.82, 2.24) is 14.6 Å². The number of sulfonamides is 1. The second-order valence-electron chi connectivity index (χ2n) is 3.13. The number of imidazole rings is 1. The summed E-state index contributed by atoms with van der Waals surface area (Å²) in [4.78, 5) is 3.83. The first-order valence-corrected chi connectivity index (χ1v) is 6.57. The third kappa shape index (κ3) is 2.19. The van der Waals surface area contributed by atoms with Crippen molar-refractivity contribution < 1.29 is 13.2 Å². The van der Waals surface area contributed by atoms with Crippen molar-refractivity contribution in [3.8, 4) is 5.88 Å². The quantitative estimate of drug-likeness (QED) is 0.876. The van der Waals surface area contributed by atoms with E-state index in [0.717, 1.165) is 4.52 Å². The molecule has 0 aliphatic carbocycles. The first-order chi connectivity index (χ1) is 7.93. The van der Waals surface area contributed by atoms with Crippen LogP contribution in [0.2, 0.25) is 5.15 Å². The van der Waals surface area contributed by atoms with Crippen molar-refractivity contribution in [3.63, 3.8) is 0 Å². The molecule has 0 spiro atoms. The Bertz CT molecular complexity index is 667. The Morgan fingerprint density at radius 1 is 1.53 bits per heavy atom. The van der Waals surface area contributed by atoms with Gasteiger partial charge in [0.05, 0.1) is 6.61 Å². The summed E-state index contributed by atoms with van der Waals surface area (Å²) in [5.41, 5.74) is 0.280. The summed E-state index contributed by atoms with van der Waals surface area (Å²) >= 11 is 5.71. The van der Waals surface area contributed by atoms with E-state index in [1.807, 2.05) is 0 Å². The maximum absolute atomic E-state index is 11.3. The maximum Gasteiger partial charge on any atom is 0.258 e. The lowest BCUT2D eigenvalue weighted by Gasteiger charge is -2.03. The molecule has 92 valence electrons. The fourth-order valence-electron chi connectivity index (χ4n) is 1.33. The second-order valence-corrected chi connectivity index (χ2v) is 4.96. The summed E-state index contributed by atoms with van der Waals surface area (Å²) in [6.45, 7) is 2.19. The molecule has 0 fully saturated rings. The molecule has 2 N–H and O–H groups in total. The molecule has 2 heterocycles. The van der Waals surface area contributed by atoms with Gasteiger partial charge in [0.25, 0.3) is 10.0 Å². The Hall–Kier alpha value is -1.38. The number of nitrogens with two attached hydrogens (primary N) is 1. The molecule has 0 radical (unpaired) electrons. The lowest BCUT2D eigenvalue weighted by Crippen LogP contribution is -2.16. The van der Waals surface area contributed by atoms with Gasteiger partial charge < -0.3 is 4.74 Å². The van der Waals surface area contributed by atoms with Crippen LogP contribution in [0.25, 0.3) is 5.65 Å². The van der Waals surface area contributed by atoms with E-state index in [0.29, 0.717) is 6.61 Å².